The third kappa shape index (κ3) is 2.23. The number of ether oxygens (including phenoxy) is 1. The van der Waals surface area contributed by atoms with Crippen LogP contribution >= 0.6 is 0 Å². The van der Waals surface area contributed by atoms with E-state index < -0.39 is 6.04 Å². The number of benzene rings is 1. The molecule has 0 saturated carbocycles. The molecule has 0 aliphatic rings. The highest BCUT2D eigenvalue weighted by Gasteiger charge is 2.18. The van der Waals surface area contributed by atoms with Crippen molar-refractivity contribution in [1.29, 1.82) is 0 Å². The third-order valence-corrected chi connectivity index (χ3v) is 1.93. The molecule has 0 fully saturated rings. The first-order chi connectivity index (χ1) is 6.69. The second-order valence-electron chi connectivity index (χ2n) is 2.84. The Labute approximate surface area is 82.5 Å². The van der Waals surface area contributed by atoms with Gasteiger partial charge in [-0.15, -0.1) is 0 Å². The van der Waals surface area contributed by atoms with Gasteiger partial charge >= 0.3 is 5.97 Å². The number of rotatable bonds is 3. The molecule has 0 aliphatic heterocycles. The van der Waals surface area contributed by atoms with E-state index in [2.05, 4.69) is 10.1 Å². The van der Waals surface area contributed by atoms with Gasteiger partial charge in [-0.25, -0.2) is 4.79 Å². The zero-order valence-electron chi connectivity index (χ0n) is 8.15. The zero-order chi connectivity index (χ0) is 10.6. The summed E-state index contributed by atoms with van der Waals surface area (Å²) in [5, 5.41) is 12.0. The van der Waals surface area contributed by atoms with Crippen LogP contribution in [0.4, 0.5) is 0 Å². The Balaban J connectivity index is 2.94. The Kier molecular flexibility index (Phi) is 3.48. The molecule has 0 bridgehead atoms. The van der Waals surface area contributed by atoms with Crippen molar-refractivity contribution in [3.05, 3.63) is 29.8 Å². The van der Waals surface area contributed by atoms with Crippen LogP contribution in [0.5, 0.6) is 5.75 Å². The van der Waals surface area contributed by atoms with Crippen LogP contribution in [0.2, 0.25) is 0 Å². The number of hydrogen-bond acceptors (Lipinski definition) is 4. The average Bonchev–Trinajstić information content (AvgIpc) is 2.19. The second-order valence-corrected chi connectivity index (χ2v) is 2.84. The Morgan fingerprint density at radius 2 is 2.29 bits per heavy atom. The van der Waals surface area contributed by atoms with E-state index in [4.69, 9.17) is 0 Å². The fourth-order valence-corrected chi connectivity index (χ4v) is 1.24. The van der Waals surface area contributed by atoms with E-state index >= 15 is 0 Å². The molecule has 0 heterocycles. The van der Waals surface area contributed by atoms with Gasteiger partial charge in [0.2, 0.25) is 0 Å². The van der Waals surface area contributed by atoms with Crippen molar-refractivity contribution in [3.8, 4) is 5.75 Å². The fourth-order valence-electron chi connectivity index (χ4n) is 1.24. The first-order valence-electron chi connectivity index (χ1n) is 4.23. The van der Waals surface area contributed by atoms with E-state index in [0.717, 1.165) is 0 Å². The lowest BCUT2D eigenvalue weighted by Crippen LogP contribution is -2.26. The minimum atomic E-state index is -0.535. The lowest BCUT2D eigenvalue weighted by atomic mass is 10.1. The van der Waals surface area contributed by atoms with Crippen LogP contribution < -0.4 is 5.32 Å². The lowest BCUT2D eigenvalue weighted by Gasteiger charge is -2.13. The van der Waals surface area contributed by atoms with Gasteiger partial charge in [0.05, 0.1) is 7.11 Å². The molecule has 1 unspecified atom stereocenters. The highest BCUT2D eigenvalue weighted by molar-refractivity contribution is 5.77. The van der Waals surface area contributed by atoms with Crippen LogP contribution in [-0.4, -0.2) is 25.2 Å². The predicted molar refractivity (Wildman–Crippen MR) is 51.9 cm³/mol. The minimum Gasteiger partial charge on any atom is -0.508 e. The molecule has 2 N–H and O–H groups in total. The molecule has 0 aliphatic carbocycles. The Morgan fingerprint density at radius 3 is 2.79 bits per heavy atom. The SMILES string of the molecule is CNC(C(=O)OC)c1cccc(O)c1. The van der Waals surface area contributed by atoms with E-state index in [-0.39, 0.29) is 11.7 Å². The summed E-state index contributed by atoms with van der Waals surface area (Å²) >= 11 is 0. The van der Waals surface area contributed by atoms with Crippen LogP contribution in [0.1, 0.15) is 11.6 Å². The van der Waals surface area contributed by atoms with Crippen molar-refractivity contribution >= 4 is 5.97 Å². The monoisotopic (exact) mass is 195 g/mol. The van der Waals surface area contributed by atoms with Gasteiger partial charge in [0.1, 0.15) is 11.8 Å². The number of nitrogens with one attached hydrogen (secondary N) is 1. The van der Waals surface area contributed by atoms with Gasteiger partial charge in [0, 0.05) is 0 Å². The lowest BCUT2D eigenvalue weighted by molar-refractivity contribution is -0.143. The number of methoxy groups -OCH3 is 1. The van der Waals surface area contributed by atoms with Crippen LogP contribution in [-0.2, 0) is 9.53 Å². The number of esters is 1. The predicted octanol–water partition coefficient (Wildman–Crippen LogP) is 0.826. The van der Waals surface area contributed by atoms with Crippen LogP contribution in [0.3, 0.4) is 0 Å². The molecule has 4 nitrogen and oxygen atoms in total. The van der Waals surface area contributed by atoms with E-state index in [9.17, 15) is 9.90 Å². The van der Waals surface area contributed by atoms with Gasteiger partial charge in [-0.3, -0.25) is 0 Å². The molecule has 0 amide bonds. The molecule has 76 valence electrons. The maximum absolute atomic E-state index is 11.3. The smallest absolute Gasteiger partial charge is 0.327 e. The van der Waals surface area contributed by atoms with Gasteiger partial charge < -0.3 is 15.2 Å². The molecule has 1 atom stereocenters. The van der Waals surface area contributed by atoms with Crippen molar-refractivity contribution in [2.75, 3.05) is 14.2 Å². The Bertz CT molecular complexity index is 325. The molecular formula is C10H13NO3. The number of phenols is 1. The van der Waals surface area contributed by atoms with Gasteiger partial charge in [0.15, 0.2) is 0 Å². The highest BCUT2D eigenvalue weighted by atomic mass is 16.5. The largest absolute Gasteiger partial charge is 0.508 e. The summed E-state index contributed by atoms with van der Waals surface area (Å²) in [6.07, 6.45) is 0. The van der Waals surface area contributed by atoms with Gasteiger partial charge in [-0.05, 0) is 24.7 Å². The normalized spacial score (nSPS) is 12.1. The van der Waals surface area contributed by atoms with E-state index in [1.807, 2.05) is 0 Å². The molecule has 0 aromatic heterocycles. The van der Waals surface area contributed by atoms with Crippen LogP contribution in [0, 0.1) is 0 Å². The molecule has 0 saturated heterocycles. The average molecular weight is 195 g/mol. The Morgan fingerprint density at radius 1 is 1.57 bits per heavy atom. The molecule has 14 heavy (non-hydrogen) atoms. The molecule has 0 radical (unpaired) electrons. The maximum atomic E-state index is 11.3. The number of aromatic hydroxyl groups is 1. The molecule has 1 rings (SSSR count). The van der Waals surface area contributed by atoms with E-state index in [1.54, 1.807) is 25.2 Å². The summed E-state index contributed by atoms with van der Waals surface area (Å²) in [4.78, 5) is 11.3. The maximum Gasteiger partial charge on any atom is 0.327 e. The topological polar surface area (TPSA) is 58.6 Å². The summed E-state index contributed by atoms with van der Waals surface area (Å²) in [6, 6.07) is 5.97. The Hall–Kier alpha value is -1.55. The van der Waals surface area contributed by atoms with Crippen LogP contribution in [0.25, 0.3) is 0 Å². The highest BCUT2D eigenvalue weighted by Crippen LogP contribution is 2.18. The molecule has 0 spiro atoms. The summed E-state index contributed by atoms with van der Waals surface area (Å²) in [5.74, 6) is -0.246. The number of hydrogen-bond donors (Lipinski definition) is 2. The quantitative estimate of drug-likeness (QED) is 0.701. The summed E-state index contributed by atoms with van der Waals surface area (Å²) in [7, 11) is 2.99. The zero-order valence-corrected chi connectivity index (χ0v) is 8.15. The number of carbonyl (C=O) groups is 1. The third-order valence-electron chi connectivity index (χ3n) is 1.93. The van der Waals surface area contributed by atoms with Crippen molar-refractivity contribution < 1.29 is 14.6 Å². The first kappa shape index (κ1) is 10.5. The molecule has 1 aromatic rings. The standard InChI is InChI=1S/C10H13NO3/c1-11-9(10(13)14-2)7-4-3-5-8(12)6-7/h3-6,9,11-12H,1-2H3. The number of likely N-dealkylation sites (N-methyl/N-ethyl adjacent to an activating group) is 1. The van der Waals surface area contributed by atoms with E-state index in [0.29, 0.717) is 5.56 Å². The van der Waals surface area contributed by atoms with Crippen molar-refractivity contribution in [1.82, 2.24) is 5.32 Å². The van der Waals surface area contributed by atoms with Crippen LogP contribution in [0.15, 0.2) is 24.3 Å². The molecular weight excluding hydrogens is 182 g/mol. The molecule has 1 aromatic carbocycles. The van der Waals surface area contributed by atoms with E-state index in [1.165, 1.54) is 13.2 Å². The number of carbonyl (C=O) groups excluding carboxylic acids is 1. The second kappa shape index (κ2) is 4.62. The summed E-state index contributed by atoms with van der Waals surface area (Å²) < 4.78 is 4.61. The number of phenolic OH excluding ortho intramolecular Hbond substituents is 1. The van der Waals surface area contributed by atoms with Crippen molar-refractivity contribution in [3.63, 3.8) is 0 Å². The minimum absolute atomic E-state index is 0.131. The van der Waals surface area contributed by atoms with Crippen molar-refractivity contribution in [2.24, 2.45) is 0 Å². The summed E-state index contributed by atoms with van der Waals surface area (Å²) in [6.45, 7) is 0. The van der Waals surface area contributed by atoms with Gasteiger partial charge in [-0.2, -0.15) is 0 Å². The molecule has 4 heteroatoms. The fraction of sp³-hybridized carbons (Fsp3) is 0.300. The van der Waals surface area contributed by atoms with Gasteiger partial charge in [-0.1, -0.05) is 12.1 Å². The first-order valence-corrected chi connectivity index (χ1v) is 4.23. The van der Waals surface area contributed by atoms with Crippen molar-refractivity contribution in [2.45, 2.75) is 6.04 Å². The summed E-state index contributed by atoms with van der Waals surface area (Å²) in [5.41, 5.74) is 0.680. The van der Waals surface area contributed by atoms with Gasteiger partial charge in [0.25, 0.3) is 0 Å².